The zero-order valence-electron chi connectivity index (χ0n) is 9.61. The number of anilines is 2. The fourth-order valence-electron chi connectivity index (χ4n) is 1.19. The number of rotatable bonds is 3. The molecule has 0 heterocycles. The van der Waals surface area contributed by atoms with Crippen molar-refractivity contribution in [2.24, 2.45) is 0 Å². The first-order valence-corrected chi connectivity index (χ1v) is 5.07. The van der Waals surface area contributed by atoms with Crippen LogP contribution in [0.25, 0.3) is 0 Å². The molecule has 0 atom stereocenters. The zero-order valence-corrected chi connectivity index (χ0v) is 9.61. The Bertz CT molecular complexity index is 431. The van der Waals surface area contributed by atoms with Crippen LogP contribution in [-0.2, 0) is 9.53 Å². The topological polar surface area (TPSA) is 87.7 Å². The number of benzene rings is 1. The van der Waals surface area contributed by atoms with Crippen LogP contribution in [0, 0.1) is 0 Å². The Hall–Kier alpha value is -2.24. The third kappa shape index (κ3) is 4.02. The SMILES string of the molecule is CCOC(=O)Nc1ccc(NC(C)=O)c(O)c1. The Balaban J connectivity index is 2.74. The highest BCUT2D eigenvalue weighted by Gasteiger charge is 2.06. The summed E-state index contributed by atoms with van der Waals surface area (Å²) in [5.74, 6) is -0.416. The van der Waals surface area contributed by atoms with Gasteiger partial charge in [-0.3, -0.25) is 10.1 Å². The summed E-state index contributed by atoms with van der Waals surface area (Å²) in [5, 5.41) is 14.5. The summed E-state index contributed by atoms with van der Waals surface area (Å²) in [6, 6.07) is 4.35. The van der Waals surface area contributed by atoms with Crippen molar-refractivity contribution in [3.05, 3.63) is 18.2 Å². The molecule has 6 heteroatoms. The molecule has 0 aliphatic carbocycles. The van der Waals surface area contributed by atoms with Crippen molar-refractivity contribution < 1.29 is 19.4 Å². The molecule has 17 heavy (non-hydrogen) atoms. The van der Waals surface area contributed by atoms with Gasteiger partial charge in [-0.1, -0.05) is 0 Å². The number of carbonyl (C=O) groups is 2. The van der Waals surface area contributed by atoms with E-state index in [4.69, 9.17) is 0 Å². The van der Waals surface area contributed by atoms with Gasteiger partial charge in [-0.2, -0.15) is 0 Å². The molecule has 3 N–H and O–H groups in total. The fourth-order valence-corrected chi connectivity index (χ4v) is 1.19. The number of carbonyl (C=O) groups excluding carboxylic acids is 2. The molecule has 92 valence electrons. The van der Waals surface area contributed by atoms with Gasteiger partial charge in [0.15, 0.2) is 0 Å². The van der Waals surface area contributed by atoms with Crippen LogP contribution < -0.4 is 10.6 Å². The lowest BCUT2D eigenvalue weighted by Crippen LogP contribution is -2.13. The van der Waals surface area contributed by atoms with Gasteiger partial charge in [0.2, 0.25) is 5.91 Å². The Morgan fingerprint density at radius 1 is 1.35 bits per heavy atom. The maximum absolute atomic E-state index is 11.1. The Labute approximate surface area is 98.6 Å². The number of phenolic OH excluding ortho intramolecular Hbond substituents is 1. The summed E-state index contributed by atoms with van der Waals surface area (Å²) in [4.78, 5) is 21.9. The second-order valence-electron chi connectivity index (χ2n) is 3.26. The van der Waals surface area contributed by atoms with Crippen molar-refractivity contribution in [1.29, 1.82) is 0 Å². The van der Waals surface area contributed by atoms with E-state index in [0.717, 1.165) is 0 Å². The average molecular weight is 238 g/mol. The molecule has 0 aliphatic heterocycles. The van der Waals surface area contributed by atoms with E-state index in [-0.39, 0.29) is 24.0 Å². The van der Waals surface area contributed by atoms with Crippen molar-refractivity contribution >= 4 is 23.4 Å². The van der Waals surface area contributed by atoms with Gasteiger partial charge in [0.05, 0.1) is 12.3 Å². The lowest BCUT2D eigenvalue weighted by Gasteiger charge is -2.08. The highest BCUT2D eigenvalue weighted by Crippen LogP contribution is 2.26. The van der Waals surface area contributed by atoms with Crippen LogP contribution >= 0.6 is 0 Å². The maximum atomic E-state index is 11.1. The van der Waals surface area contributed by atoms with Gasteiger partial charge in [-0.15, -0.1) is 0 Å². The molecule has 0 fully saturated rings. The first-order valence-electron chi connectivity index (χ1n) is 5.07. The number of ether oxygens (including phenoxy) is 1. The standard InChI is InChI=1S/C11H14N2O4/c1-3-17-11(16)13-8-4-5-9(10(15)6-8)12-7(2)14/h4-6,15H,3H2,1-2H3,(H,12,14)(H,13,16). The van der Waals surface area contributed by atoms with Gasteiger partial charge in [-0.05, 0) is 19.1 Å². The van der Waals surface area contributed by atoms with E-state index in [1.54, 1.807) is 13.0 Å². The van der Waals surface area contributed by atoms with Crippen LogP contribution in [0.3, 0.4) is 0 Å². The quantitative estimate of drug-likeness (QED) is 0.702. The van der Waals surface area contributed by atoms with Gasteiger partial charge in [0, 0.05) is 18.7 Å². The van der Waals surface area contributed by atoms with E-state index in [0.29, 0.717) is 5.69 Å². The highest BCUT2D eigenvalue weighted by atomic mass is 16.5. The molecule has 2 amide bonds. The molecule has 6 nitrogen and oxygen atoms in total. The van der Waals surface area contributed by atoms with Gasteiger partial charge in [0.25, 0.3) is 0 Å². The third-order valence-electron chi connectivity index (χ3n) is 1.83. The number of aromatic hydroxyl groups is 1. The highest BCUT2D eigenvalue weighted by molar-refractivity contribution is 5.91. The number of phenols is 1. The number of amides is 2. The van der Waals surface area contributed by atoms with E-state index < -0.39 is 6.09 Å². The van der Waals surface area contributed by atoms with E-state index in [9.17, 15) is 14.7 Å². The molecule has 1 rings (SSSR count). The van der Waals surface area contributed by atoms with Crippen molar-refractivity contribution in [3.8, 4) is 5.75 Å². The molecule has 0 bridgehead atoms. The molecule has 0 radical (unpaired) electrons. The van der Waals surface area contributed by atoms with Crippen LogP contribution in [0.15, 0.2) is 18.2 Å². The van der Waals surface area contributed by atoms with E-state index in [1.165, 1.54) is 19.1 Å². The first-order chi connectivity index (χ1) is 8.02. The maximum Gasteiger partial charge on any atom is 0.411 e. The predicted molar refractivity (Wildman–Crippen MR) is 63.1 cm³/mol. The Kier molecular flexibility index (Phi) is 4.33. The third-order valence-corrected chi connectivity index (χ3v) is 1.83. The zero-order chi connectivity index (χ0) is 12.8. The normalized spacial score (nSPS) is 9.53. The number of nitrogens with one attached hydrogen (secondary N) is 2. The van der Waals surface area contributed by atoms with Crippen molar-refractivity contribution in [1.82, 2.24) is 0 Å². The molecule has 0 saturated carbocycles. The molecule has 0 aliphatic rings. The molecule has 0 aromatic heterocycles. The molecular formula is C11H14N2O4. The van der Waals surface area contributed by atoms with Gasteiger partial charge >= 0.3 is 6.09 Å². The summed E-state index contributed by atoms with van der Waals surface area (Å²) in [5.41, 5.74) is 0.668. The summed E-state index contributed by atoms with van der Waals surface area (Å²) >= 11 is 0. The average Bonchev–Trinajstić information content (AvgIpc) is 2.22. The van der Waals surface area contributed by atoms with Crippen LogP contribution in [0.2, 0.25) is 0 Å². The Morgan fingerprint density at radius 2 is 2.06 bits per heavy atom. The predicted octanol–water partition coefficient (Wildman–Crippen LogP) is 1.92. The summed E-state index contributed by atoms with van der Waals surface area (Å²) in [7, 11) is 0. The lowest BCUT2D eigenvalue weighted by molar-refractivity contribution is -0.114. The van der Waals surface area contributed by atoms with Crippen molar-refractivity contribution in [2.75, 3.05) is 17.2 Å². The van der Waals surface area contributed by atoms with Gasteiger partial charge in [0.1, 0.15) is 5.75 Å². The van der Waals surface area contributed by atoms with Crippen LogP contribution in [0.1, 0.15) is 13.8 Å². The molecular weight excluding hydrogens is 224 g/mol. The monoisotopic (exact) mass is 238 g/mol. The van der Waals surface area contributed by atoms with E-state index in [1.807, 2.05) is 0 Å². The second kappa shape index (κ2) is 5.74. The Morgan fingerprint density at radius 3 is 2.59 bits per heavy atom. The number of hydrogen-bond donors (Lipinski definition) is 3. The minimum absolute atomic E-state index is 0.130. The lowest BCUT2D eigenvalue weighted by atomic mass is 10.2. The smallest absolute Gasteiger partial charge is 0.411 e. The van der Waals surface area contributed by atoms with Gasteiger partial charge < -0.3 is 15.2 Å². The van der Waals surface area contributed by atoms with Crippen molar-refractivity contribution in [3.63, 3.8) is 0 Å². The minimum atomic E-state index is -0.598. The largest absolute Gasteiger partial charge is 0.506 e. The molecule has 1 aromatic carbocycles. The minimum Gasteiger partial charge on any atom is -0.506 e. The molecule has 1 aromatic rings. The fraction of sp³-hybridized carbons (Fsp3) is 0.273. The summed E-state index contributed by atoms with van der Waals surface area (Å²) < 4.78 is 4.68. The first kappa shape index (κ1) is 12.8. The molecule has 0 saturated heterocycles. The number of hydrogen-bond acceptors (Lipinski definition) is 4. The second-order valence-corrected chi connectivity index (χ2v) is 3.26. The van der Waals surface area contributed by atoms with Crippen LogP contribution in [-0.4, -0.2) is 23.7 Å². The van der Waals surface area contributed by atoms with Crippen LogP contribution in [0.5, 0.6) is 5.75 Å². The van der Waals surface area contributed by atoms with Crippen molar-refractivity contribution in [2.45, 2.75) is 13.8 Å². The van der Waals surface area contributed by atoms with Crippen LogP contribution in [0.4, 0.5) is 16.2 Å². The molecule has 0 spiro atoms. The summed E-state index contributed by atoms with van der Waals surface area (Å²) in [6.07, 6.45) is -0.598. The van der Waals surface area contributed by atoms with E-state index >= 15 is 0 Å². The van der Waals surface area contributed by atoms with E-state index in [2.05, 4.69) is 15.4 Å². The van der Waals surface area contributed by atoms with Gasteiger partial charge in [-0.25, -0.2) is 4.79 Å². The summed E-state index contributed by atoms with van der Waals surface area (Å²) in [6.45, 7) is 3.29. The molecule has 0 unspecified atom stereocenters.